The molecule has 1 saturated heterocycles. The Bertz CT molecular complexity index is 1020. The maximum Gasteiger partial charge on any atom is 0.252 e. The zero-order chi connectivity index (χ0) is 20.9. The predicted molar refractivity (Wildman–Crippen MR) is 121 cm³/mol. The Balaban J connectivity index is 1.57. The topological polar surface area (TPSA) is 54.5 Å². The first-order valence-electron chi connectivity index (χ1n) is 10.8. The Labute approximate surface area is 178 Å². The molecule has 1 aromatic heterocycles. The average Bonchev–Trinajstić information content (AvgIpc) is 3.18. The Morgan fingerprint density at radius 3 is 2.73 bits per heavy atom. The number of likely N-dealkylation sites (tertiary alicyclic amines) is 1. The number of carbonyl (C=O) groups excluding carboxylic acids is 1. The molecule has 1 amide bonds. The van der Waals surface area contributed by atoms with Crippen molar-refractivity contribution in [2.75, 3.05) is 26.7 Å². The first kappa shape index (κ1) is 20.4. The lowest BCUT2D eigenvalue weighted by molar-refractivity contribution is 0.0952. The summed E-state index contributed by atoms with van der Waals surface area (Å²) < 4.78 is 5.53. The van der Waals surface area contributed by atoms with Crippen molar-refractivity contribution in [2.24, 2.45) is 0 Å². The van der Waals surface area contributed by atoms with Gasteiger partial charge in [-0.3, -0.25) is 4.79 Å². The summed E-state index contributed by atoms with van der Waals surface area (Å²) in [6.07, 6.45) is 3.44. The molecule has 1 aliphatic rings. The average molecular weight is 404 g/mol. The van der Waals surface area contributed by atoms with Crippen LogP contribution in [0.4, 0.5) is 0 Å². The van der Waals surface area contributed by atoms with E-state index in [4.69, 9.17) is 9.72 Å². The smallest absolute Gasteiger partial charge is 0.252 e. The number of ether oxygens (including phenoxy) is 1. The number of rotatable bonds is 7. The summed E-state index contributed by atoms with van der Waals surface area (Å²) >= 11 is 0. The van der Waals surface area contributed by atoms with Crippen LogP contribution in [0.5, 0.6) is 5.75 Å². The van der Waals surface area contributed by atoms with Crippen molar-refractivity contribution in [3.8, 4) is 17.0 Å². The van der Waals surface area contributed by atoms with E-state index in [1.54, 1.807) is 0 Å². The van der Waals surface area contributed by atoms with E-state index in [-0.39, 0.29) is 5.91 Å². The fourth-order valence-corrected chi connectivity index (χ4v) is 4.19. The van der Waals surface area contributed by atoms with Crippen LogP contribution in [0.1, 0.15) is 36.5 Å². The van der Waals surface area contributed by atoms with Gasteiger partial charge in [-0.15, -0.1) is 0 Å². The number of benzene rings is 2. The summed E-state index contributed by atoms with van der Waals surface area (Å²) in [7, 11) is 2.17. The van der Waals surface area contributed by atoms with E-state index in [1.807, 2.05) is 61.5 Å². The minimum absolute atomic E-state index is 0.0403. The van der Waals surface area contributed by atoms with Crippen LogP contribution in [0.15, 0.2) is 54.6 Å². The molecule has 0 aliphatic carbocycles. The van der Waals surface area contributed by atoms with Crippen molar-refractivity contribution in [3.63, 3.8) is 0 Å². The maximum atomic E-state index is 13.1. The Morgan fingerprint density at radius 2 is 2.00 bits per heavy atom. The van der Waals surface area contributed by atoms with Gasteiger partial charge in [0.05, 0.1) is 23.4 Å². The third-order valence-electron chi connectivity index (χ3n) is 5.86. The SMILES string of the molecule is CCOc1ccc(-c2cc(C(=O)NCCC3CCCN3C)c3ccccc3n2)cc1. The van der Waals surface area contributed by atoms with E-state index < -0.39 is 0 Å². The molecular weight excluding hydrogens is 374 g/mol. The Hall–Kier alpha value is -2.92. The fraction of sp³-hybridized carbons (Fsp3) is 0.360. The highest BCUT2D eigenvalue weighted by molar-refractivity contribution is 6.07. The number of para-hydroxylation sites is 1. The van der Waals surface area contributed by atoms with Gasteiger partial charge in [-0.2, -0.15) is 0 Å². The number of carbonyl (C=O) groups is 1. The standard InChI is InChI=1S/C25H29N3O2/c1-3-30-20-12-10-18(11-13-20)24-17-22(21-8-4-5-9-23(21)27-24)25(29)26-15-14-19-7-6-16-28(19)2/h4-5,8-13,17,19H,3,6-7,14-16H2,1-2H3,(H,26,29). The van der Waals surface area contributed by atoms with Gasteiger partial charge in [-0.05, 0) is 76.2 Å². The summed E-state index contributed by atoms with van der Waals surface area (Å²) in [6, 6.07) is 18.1. The molecule has 1 atom stereocenters. The van der Waals surface area contributed by atoms with Crippen LogP contribution in [0.25, 0.3) is 22.2 Å². The summed E-state index contributed by atoms with van der Waals surface area (Å²) in [5.74, 6) is 0.790. The lowest BCUT2D eigenvalue weighted by atomic mass is 10.0. The van der Waals surface area contributed by atoms with Gasteiger partial charge in [0.15, 0.2) is 0 Å². The molecule has 0 spiro atoms. The highest BCUT2D eigenvalue weighted by atomic mass is 16.5. The maximum absolute atomic E-state index is 13.1. The molecule has 4 rings (SSSR count). The number of hydrogen-bond acceptors (Lipinski definition) is 4. The second kappa shape index (κ2) is 9.26. The van der Waals surface area contributed by atoms with Gasteiger partial charge in [0.1, 0.15) is 5.75 Å². The largest absolute Gasteiger partial charge is 0.494 e. The van der Waals surface area contributed by atoms with Gasteiger partial charge in [0.25, 0.3) is 5.91 Å². The zero-order valence-electron chi connectivity index (χ0n) is 17.7. The van der Waals surface area contributed by atoms with Gasteiger partial charge < -0.3 is 15.0 Å². The number of aromatic nitrogens is 1. The van der Waals surface area contributed by atoms with Gasteiger partial charge in [0, 0.05) is 23.5 Å². The van der Waals surface area contributed by atoms with Crippen LogP contribution in [-0.2, 0) is 0 Å². The Morgan fingerprint density at radius 1 is 1.20 bits per heavy atom. The predicted octanol–water partition coefficient (Wildman–Crippen LogP) is 4.51. The number of nitrogens with zero attached hydrogens (tertiary/aromatic N) is 2. The molecule has 30 heavy (non-hydrogen) atoms. The monoisotopic (exact) mass is 403 g/mol. The quantitative estimate of drug-likeness (QED) is 0.630. The van der Waals surface area contributed by atoms with Crippen LogP contribution >= 0.6 is 0 Å². The summed E-state index contributed by atoms with van der Waals surface area (Å²) in [6.45, 7) is 4.44. The number of nitrogens with one attached hydrogen (secondary N) is 1. The van der Waals surface area contributed by atoms with Gasteiger partial charge >= 0.3 is 0 Å². The molecule has 0 bridgehead atoms. The van der Waals surface area contributed by atoms with Crippen LogP contribution < -0.4 is 10.1 Å². The lowest BCUT2D eigenvalue weighted by Crippen LogP contribution is -2.31. The zero-order valence-corrected chi connectivity index (χ0v) is 17.7. The number of hydrogen-bond donors (Lipinski definition) is 1. The fourth-order valence-electron chi connectivity index (χ4n) is 4.19. The minimum atomic E-state index is -0.0403. The van der Waals surface area contributed by atoms with Crippen molar-refractivity contribution in [1.82, 2.24) is 15.2 Å². The van der Waals surface area contributed by atoms with E-state index in [2.05, 4.69) is 17.3 Å². The van der Waals surface area contributed by atoms with Crippen LogP contribution in [-0.4, -0.2) is 48.6 Å². The Kier molecular flexibility index (Phi) is 6.29. The molecule has 5 heteroatoms. The van der Waals surface area contributed by atoms with Gasteiger partial charge in [-0.25, -0.2) is 4.98 Å². The van der Waals surface area contributed by atoms with Gasteiger partial charge in [0.2, 0.25) is 0 Å². The van der Waals surface area contributed by atoms with Crippen molar-refractivity contribution in [3.05, 3.63) is 60.2 Å². The van der Waals surface area contributed by atoms with Crippen LogP contribution in [0, 0.1) is 0 Å². The third kappa shape index (κ3) is 4.46. The first-order chi connectivity index (χ1) is 14.7. The first-order valence-corrected chi connectivity index (χ1v) is 10.8. The third-order valence-corrected chi connectivity index (χ3v) is 5.86. The minimum Gasteiger partial charge on any atom is -0.494 e. The molecule has 1 fully saturated rings. The van der Waals surface area contributed by atoms with E-state index in [0.29, 0.717) is 24.8 Å². The van der Waals surface area contributed by atoms with Crippen molar-refractivity contribution >= 4 is 16.8 Å². The molecule has 1 unspecified atom stereocenters. The molecule has 2 heterocycles. The highest BCUT2D eigenvalue weighted by Crippen LogP contribution is 2.26. The number of pyridine rings is 1. The van der Waals surface area contributed by atoms with E-state index in [9.17, 15) is 4.79 Å². The van der Waals surface area contributed by atoms with E-state index >= 15 is 0 Å². The number of amides is 1. The molecule has 3 aromatic rings. The summed E-state index contributed by atoms with van der Waals surface area (Å²) in [4.78, 5) is 20.2. The molecule has 1 aliphatic heterocycles. The van der Waals surface area contributed by atoms with E-state index in [1.165, 1.54) is 12.8 Å². The number of fused-ring (bicyclic) bond motifs is 1. The molecular formula is C25H29N3O2. The van der Waals surface area contributed by atoms with Crippen molar-refractivity contribution in [2.45, 2.75) is 32.2 Å². The molecule has 156 valence electrons. The molecule has 1 N–H and O–H groups in total. The lowest BCUT2D eigenvalue weighted by Gasteiger charge is -2.19. The van der Waals surface area contributed by atoms with Crippen molar-refractivity contribution in [1.29, 1.82) is 0 Å². The molecule has 0 radical (unpaired) electrons. The second-order valence-electron chi connectivity index (χ2n) is 7.85. The molecule has 5 nitrogen and oxygen atoms in total. The van der Waals surface area contributed by atoms with E-state index in [0.717, 1.165) is 40.9 Å². The van der Waals surface area contributed by atoms with Crippen LogP contribution in [0.2, 0.25) is 0 Å². The summed E-state index contributed by atoms with van der Waals surface area (Å²) in [5, 5.41) is 4.01. The highest BCUT2D eigenvalue weighted by Gasteiger charge is 2.21. The normalized spacial score (nSPS) is 16.7. The summed E-state index contributed by atoms with van der Waals surface area (Å²) in [5.41, 5.74) is 3.25. The van der Waals surface area contributed by atoms with Crippen molar-refractivity contribution < 1.29 is 9.53 Å². The molecule has 0 saturated carbocycles. The van der Waals surface area contributed by atoms with Gasteiger partial charge in [-0.1, -0.05) is 18.2 Å². The second-order valence-corrected chi connectivity index (χ2v) is 7.85. The molecule has 2 aromatic carbocycles. The van der Waals surface area contributed by atoms with Crippen LogP contribution in [0.3, 0.4) is 0 Å².